The summed E-state index contributed by atoms with van der Waals surface area (Å²) < 4.78 is 28.3. The van der Waals surface area contributed by atoms with Gasteiger partial charge in [0.05, 0.1) is 39.5 Å². The van der Waals surface area contributed by atoms with Crippen molar-refractivity contribution in [3.05, 3.63) is 23.8 Å². The number of ether oxygens (including phenoxy) is 5. The first-order valence-corrected chi connectivity index (χ1v) is 10.5. The van der Waals surface area contributed by atoms with Crippen molar-refractivity contribution < 1.29 is 33.3 Å². The molecule has 32 heavy (non-hydrogen) atoms. The summed E-state index contributed by atoms with van der Waals surface area (Å²) in [6, 6.07) is 6.64. The number of carbonyl (C=O) groups excluding carboxylic acids is 2. The number of benzene rings is 1. The number of methoxy groups -OCH3 is 2. The van der Waals surface area contributed by atoms with Crippen LogP contribution in [-0.2, 0) is 25.5 Å². The van der Waals surface area contributed by atoms with E-state index in [-0.39, 0.29) is 37.6 Å². The van der Waals surface area contributed by atoms with Crippen LogP contribution in [0.3, 0.4) is 0 Å². The van der Waals surface area contributed by atoms with Gasteiger partial charge < -0.3 is 33.5 Å². The molecular weight excluding hydrogens is 418 g/mol. The molecule has 10 heteroatoms. The molecule has 4 aliphatic heterocycles. The van der Waals surface area contributed by atoms with Gasteiger partial charge in [-0.3, -0.25) is 4.79 Å². The van der Waals surface area contributed by atoms with Crippen LogP contribution in [0.25, 0.3) is 0 Å². The Bertz CT molecular complexity index is 994. The van der Waals surface area contributed by atoms with E-state index < -0.39 is 29.9 Å². The van der Waals surface area contributed by atoms with Gasteiger partial charge in [-0.1, -0.05) is 0 Å². The Kier molecular flexibility index (Phi) is 4.91. The van der Waals surface area contributed by atoms with Crippen LogP contribution in [0.5, 0.6) is 11.5 Å². The summed E-state index contributed by atoms with van der Waals surface area (Å²) in [5.74, 6) is 0.966. The van der Waals surface area contributed by atoms with E-state index in [1.807, 2.05) is 6.07 Å². The van der Waals surface area contributed by atoms with E-state index in [0.29, 0.717) is 17.9 Å². The lowest BCUT2D eigenvalue weighted by Gasteiger charge is -2.35. The van der Waals surface area contributed by atoms with Crippen molar-refractivity contribution in [3.8, 4) is 17.6 Å². The topological polar surface area (TPSA) is 111 Å². The number of likely N-dealkylation sites (N-methyl/N-ethyl adjacent to an activating group) is 1. The Labute approximate surface area is 185 Å². The molecule has 0 aromatic heterocycles. The molecule has 0 N–H and O–H groups in total. The second-order valence-electron chi connectivity index (χ2n) is 8.64. The molecule has 2 amide bonds. The summed E-state index contributed by atoms with van der Waals surface area (Å²) in [5, 5.41) is 9.82. The van der Waals surface area contributed by atoms with Crippen LogP contribution in [0.2, 0.25) is 0 Å². The van der Waals surface area contributed by atoms with Gasteiger partial charge in [-0.25, -0.2) is 4.79 Å². The van der Waals surface area contributed by atoms with E-state index in [1.165, 1.54) is 4.90 Å². The Morgan fingerprint density at radius 1 is 1.22 bits per heavy atom. The third-order valence-electron chi connectivity index (χ3n) is 6.97. The fourth-order valence-corrected chi connectivity index (χ4v) is 5.35. The van der Waals surface area contributed by atoms with Gasteiger partial charge in [0.25, 0.3) is 5.91 Å². The fraction of sp³-hybridized carbons (Fsp3) is 0.591. The number of rotatable bonds is 4. The van der Waals surface area contributed by atoms with Gasteiger partial charge in [0.15, 0.2) is 5.60 Å². The van der Waals surface area contributed by atoms with E-state index in [2.05, 4.69) is 6.07 Å². The molecule has 4 aliphatic rings. The molecule has 6 atom stereocenters. The van der Waals surface area contributed by atoms with Crippen LogP contribution in [0.4, 0.5) is 4.79 Å². The third kappa shape index (κ3) is 2.99. The number of amides is 2. The molecule has 4 heterocycles. The zero-order chi connectivity index (χ0) is 22.6. The lowest BCUT2D eigenvalue weighted by molar-refractivity contribution is -0.157. The van der Waals surface area contributed by atoms with Crippen LogP contribution in [-0.4, -0.2) is 85.7 Å². The second-order valence-corrected chi connectivity index (χ2v) is 8.64. The highest BCUT2D eigenvalue weighted by Crippen LogP contribution is 2.47. The number of carbonyl (C=O) groups is 2. The highest BCUT2D eigenvalue weighted by molar-refractivity contribution is 5.89. The van der Waals surface area contributed by atoms with Crippen LogP contribution < -0.4 is 9.47 Å². The average Bonchev–Trinajstić information content (AvgIpc) is 3.40. The quantitative estimate of drug-likeness (QED) is 0.680. The van der Waals surface area contributed by atoms with Crippen molar-refractivity contribution in [2.24, 2.45) is 0 Å². The molecule has 0 radical (unpaired) electrons. The maximum atomic E-state index is 13.6. The number of nitrogens with zero attached hydrogens (tertiary/aromatic N) is 3. The minimum atomic E-state index is -1.16. The number of fused-ring (bicyclic) bond motifs is 3. The van der Waals surface area contributed by atoms with Gasteiger partial charge in [-0.15, -0.1) is 0 Å². The highest BCUT2D eigenvalue weighted by atomic mass is 16.6. The first-order chi connectivity index (χ1) is 15.4. The Morgan fingerprint density at radius 2 is 2.03 bits per heavy atom. The van der Waals surface area contributed by atoms with Crippen molar-refractivity contribution in [3.63, 3.8) is 0 Å². The normalized spacial score (nSPS) is 35.5. The van der Waals surface area contributed by atoms with Crippen molar-refractivity contribution >= 4 is 12.0 Å². The van der Waals surface area contributed by atoms with Gasteiger partial charge in [0.2, 0.25) is 0 Å². The standard InChI is InChI=1S/C22H25N3O7/c1-24-18-17(31-21(24)27)11-30-16-8-22(32-19(16)18)7-13(9-23)25(20(22)26)10-12-4-5-14(28-2)6-15(12)29-3/h4-6,13,16-19H,7-8,10-11H2,1-3H3/t13-,16+,17+,18+,19-,22+/m0/s1. The molecule has 0 bridgehead atoms. The first-order valence-electron chi connectivity index (χ1n) is 10.5. The maximum Gasteiger partial charge on any atom is 0.410 e. The van der Waals surface area contributed by atoms with Crippen molar-refractivity contribution in [1.29, 1.82) is 5.26 Å². The molecule has 0 saturated carbocycles. The van der Waals surface area contributed by atoms with Crippen LogP contribution >= 0.6 is 0 Å². The van der Waals surface area contributed by atoms with Crippen molar-refractivity contribution in [2.45, 2.75) is 55.4 Å². The van der Waals surface area contributed by atoms with Crippen LogP contribution in [0, 0.1) is 11.3 Å². The van der Waals surface area contributed by atoms with Gasteiger partial charge in [-0.05, 0) is 12.1 Å². The second kappa shape index (κ2) is 7.53. The summed E-state index contributed by atoms with van der Waals surface area (Å²) >= 11 is 0. The predicted octanol–water partition coefficient (Wildman–Crippen LogP) is 1.07. The van der Waals surface area contributed by atoms with E-state index in [4.69, 9.17) is 23.7 Å². The molecule has 4 fully saturated rings. The molecule has 10 nitrogen and oxygen atoms in total. The summed E-state index contributed by atoms with van der Waals surface area (Å²) in [6.07, 6.45) is -1.08. The molecular formula is C22H25N3O7. The number of likely N-dealkylation sites (tertiary alicyclic amines) is 1. The number of nitriles is 1. The number of hydrogen-bond donors (Lipinski definition) is 0. The number of hydrogen-bond acceptors (Lipinski definition) is 8. The predicted molar refractivity (Wildman–Crippen MR) is 108 cm³/mol. The Balaban J connectivity index is 1.40. The van der Waals surface area contributed by atoms with Gasteiger partial charge in [-0.2, -0.15) is 5.26 Å². The summed E-state index contributed by atoms with van der Waals surface area (Å²) in [4.78, 5) is 28.7. The van der Waals surface area contributed by atoms with E-state index in [9.17, 15) is 14.9 Å². The molecule has 1 aromatic carbocycles. The van der Waals surface area contributed by atoms with Crippen molar-refractivity contribution in [1.82, 2.24) is 9.80 Å². The van der Waals surface area contributed by atoms with E-state index >= 15 is 0 Å². The van der Waals surface area contributed by atoms with Crippen LogP contribution in [0.15, 0.2) is 18.2 Å². The summed E-state index contributed by atoms with van der Waals surface area (Å²) in [6.45, 7) is 0.475. The van der Waals surface area contributed by atoms with Gasteiger partial charge >= 0.3 is 6.09 Å². The largest absolute Gasteiger partial charge is 0.497 e. The molecule has 0 unspecified atom stereocenters. The molecule has 1 aromatic rings. The van der Waals surface area contributed by atoms with E-state index in [0.717, 1.165) is 5.56 Å². The monoisotopic (exact) mass is 443 g/mol. The highest BCUT2D eigenvalue weighted by Gasteiger charge is 2.65. The minimum Gasteiger partial charge on any atom is -0.497 e. The maximum absolute atomic E-state index is 13.6. The molecule has 1 spiro atoms. The molecule has 4 saturated heterocycles. The van der Waals surface area contributed by atoms with Crippen molar-refractivity contribution in [2.75, 3.05) is 27.9 Å². The zero-order valence-electron chi connectivity index (χ0n) is 18.1. The Morgan fingerprint density at radius 3 is 2.75 bits per heavy atom. The molecule has 0 aliphatic carbocycles. The van der Waals surface area contributed by atoms with Gasteiger partial charge in [0.1, 0.15) is 35.8 Å². The lowest BCUT2D eigenvalue weighted by atomic mass is 9.91. The third-order valence-corrected chi connectivity index (χ3v) is 6.97. The van der Waals surface area contributed by atoms with Crippen LogP contribution in [0.1, 0.15) is 18.4 Å². The average molecular weight is 443 g/mol. The van der Waals surface area contributed by atoms with E-state index in [1.54, 1.807) is 38.3 Å². The van der Waals surface area contributed by atoms with Gasteiger partial charge in [0, 0.05) is 31.5 Å². The summed E-state index contributed by atoms with van der Waals surface area (Å²) in [5.41, 5.74) is -0.392. The summed E-state index contributed by atoms with van der Waals surface area (Å²) in [7, 11) is 4.78. The lowest BCUT2D eigenvalue weighted by Crippen LogP contribution is -2.54. The zero-order valence-corrected chi connectivity index (χ0v) is 18.1. The minimum absolute atomic E-state index is 0.207. The first kappa shape index (κ1) is 20.8. The Hall–Kier alpha value is -3.03. The molecule has 170 valence electrons. The smallest absolute Gasteiger partial charge is 0.410 e. The fourth-order valence-electron chi connectivity index (χ4n) is 5.35. The SMILES string of the molecule is COc1ccc(CN2C(=O)[C@@]3(C[C@H]2C#N)C[C@H]2OC[C@H]4OC(=O)N(C)[C@H]4[C@H]2O3)c(OC)c1. The molecule has 5 rings (SSSR count).